The second kappa shape index (κ2) is 5.01. The Labute approximate surface area is 96.7 Å². The summed E-state index contributed by atoms with van der Waals surface area (Å²) in [5.41, 5.74) is 2.16. The topological polar surface area (TPSA) is 40.5 Å². The molecule has 0 aliphatic heterocycles. The maximum absolute atomic E-state index is 11.2. The lowest BCUT2D eigenvalue weighted by Gasteiger charge is -2.29. The van der Waals surface area contributed by atoms with E-state index in [4.69, 9.17) is 0 Å². The Kier molecular flexibility index (Phi) is 3.93. The summed E-state index contributed by atoms with van der Waals surface area (Å²) in [7, 11) is 0. The molecule has 0 saturated carbocycles. The Hall–Kier alpha value is -1.51. The second-order valence-corrected chi connectivity index (χ2v) is 4.21. The van der Waals surface area contributed by atoms with Crippen molar-refractivity contribution in [1.82, 2.24) is 0 Å². The van der Waals surface area contributed by atoms with Gasteiger partial charge in [0.25, 0.3) is 0 Å². The van der Waals surface area contributed by atoms with Crippen LogP contribution in [-0.4, -0.2) is 23.7 Å². The van der Waals surface area contributed by atoms with Crippen LogP contribution < -0.4 is 4.90 Å². The smallest absolute Gasteiger partial charge is 0.337 e. The number of anilines is 1. The summed E-state index contributed by atoms with van der Waals surface area (Å²) in [5.74, 6) is -0.863. The maximum atomic E-state index is 11.2. The zero-order valence-corrected chi connectivity index (χ0v) is 10.3. The molecule has 1 aromatic rings. The average molecular weight is 221 g/mol. The standard InChI is InChI=1S/C13H19NO2/c1-5-14(9(2)3)12-7-6-10(4)8-11(12)13(15)16/h6-9H,5H2,1-4H3,(H,15,16). The highest BCUT2D eigenvalue weighted by Gasteiger charge is 2.16. The molecule has 0 fully saturated rings. The lowest BCUT2D eigenvalue weighted by Crippen LogP contribution is -2.31. The lowest BCUT2D eigenvalue weighted by molar-refractivity contribution is 0.0697. The molecule has 0 heterocycles. The van der Waals surface area contributed by atoms with Crippen molar-refractivity contribution in [2.45, 2.75) is 33.7 Å². The monoisotopic (exact) mass is 221 g/mol. The minimum absolute atomic E-state index is 0.297. The number of carboxylic acids is 1. The molecule has 0 spiro atoms. The predicted octanol–water partition coefficient (Wildman–Crippen LogP) is 2.93. The highest BCUT2D eigenvalue weighted by molar-refractivity contribution is 5.94. The second-order valence-electron chi connectivity index (χ2n) is 4.21. The van der Waals surface area contributed by atoms with Gasteiger partial charge in [-0.1, -0.05) is 11.6 Å². The van der Waals surface area contributed by atoms with E-state index in [1.54, 1.807) is 6.07 Å². The molecule has 0 amide bonds. The van der Waals surface area contributed by atoms with E-state index >= 15 is 0 Å². The van der Waals surface area contributed by atoms with Gasteiger partial charge in [-0.05, 0) is 39.8 Å². The minimum Gasteiger partial charge on any atom is -0.478 e. The highest BCUT2D eigenvalue weighted by Crippen LogP contribution is 2.23. The van der Waals surface area contributed by atoms with Crippen LogP contribution in [0.2, 0.25) is 0 Å². The molecule has 3 nitrogen and oxygen atoms in total. The number of nitrogens with zero attached hydrogens (tertiary/aromatic N) is 1. The molecule has 16 heavy (non-hydrogen) atoms. The summed E-state index contributed by atoms with van der Waals surface area (Å²) < 4.78 is 0. The molecule has 1 aromatic carbocycles. The largest absolute Gasteiger partial charge is 0.478 e. The molecular weight excluding hydrogens is 202 g/mol. The first-order chi connectivity index (χ1) is 7.47. The van der Waals surface area contributed by atoms with Crippen LogP contribution in [0.3, 0.4) is 0 Å². The molecule has 0 aromatic heterocycles. The van der Waals surface area contributed by atoms with Gasteiger partial charge in [-0.3, -0.25) is 0 Å². The SMILES string of the molecule is CCN(c1ccc(C)cc1C(=O)O)C(C)C. The van der Waals surface area contributed by atoms with Crippen LogP contribution in [0.5, 0.6) is 0 Å². The van der Waals surface area contributed by atoms with Gasteiger partial charge in [-0.15, -0.1) is 0 Å². The summed E-state index contributed by atoms with van der Waals surface area (Å²) in [6.07, 6.45) is 0. The van der Waals surface area contributed by atoms with Gasteiger partial charge in [0, 0.05) is 12.6 Å². The van der Waals surface area contributed by atoms with E-state index in [-0.39, 0.29) is 0 Å². The van der Waals surface area contributed by atoms with E-state index in [0.717, 1.165) is 17.8 Å². The Bertz CT molecular complexity index is 386. The van der Waals surface area contributed by atoms with Gasteiger partial charge in [0.15, 0.2) is 0 Å². The molecule has 0 saturated heterocycles. The fraction of sp³-hybridized carbons (Fsp3) is 0.462. The minimum atomic E-state index is -0.863. The number of carbonyl (C=O) groups is 1. The fourth-order valence-corrected chi connectivity index (χ4v) is 1.89. The van der Waals surface area contributed by atoms with Crippen LogP contribution in [0.25, 0.3) is 0 Å². The van der Waals surface area contributed by atoms with Crippen LogP contribution >= 0.6 is 0 Å². The molecule has 0 aliphatic carbocycles. The summed E-state index contributed by atoms with van der Waals surface area (Å²) in [4.78, 5) is 13.3. The van der Waals surface area contributed by atoms with Crippen molar-refractivity contribution in [2.75, 3.05) is 11.4 Å². The van der Waals surface area contributed by atoms with Crippen LogP contribution in [0.15, 0.2) is 18.2 Å². The molecule has 0 atom stereocenters. The molecule has 3 heteroatoms. The van der Waals surface area contributed by atoms with Gasteiger partial charge >= 0.3 is 5.97 Å². The van der Waals surface area contributed by atoms with Gasteiger partial charge < -0.3 is 10.0 Å². The Balaban J connectivity index is 3.26. The van der Waals surface area contributed by atoms with E-state index in [1.165, 1.54) is 0 Å². The van der Waals surface area contributed by atoms with Gasteiger partial charge in [-0.2, -0.15) is 0 Å². The third-order valence-electron chi connectivity index (χ3n) is 2.66. The molecule has 0 bridgehead atoms. The van der Waals surface area contributed by atoms with Crippen LogP contribution in [0.1, 0.15) is 36.7 Å². The molecule has 1 rings (SSSR count). The molecule has 88 valence electrons. The number of benzene rings is 1. The summed E-state index contributed by atoms with van der Waals surface area (Å²) >= 11 is 0. The van der Waals surface area contributed by atoms with Gasteiger partial charge in [0.1, 0.15) is 0 Å². The number of rotatable bonds is 4. The van der Waals surface area contributed by atoms with Crippen molar-refractivity contribution in [1.29, 1.82) is 0 Å². The van der Waals surface area contributed by atoms with E-state index in [1.807, 2.05) is 26.0 Å². The summed E-state index contributed by atoms with van der Waals surface area (Å²) in [5, 5.41) is 9.19. The van der Waals surface area contributed by atoms with Gasteiger partial charge in [0.2, 0.25) is 0 Å². The molecule has 0 aliphatic rings. The van der Waals surface area contributed by atoms with Crippen molar-refractivity contribution in [3.05, 3.63) is 29.3 Å². The van der Waals surface area contributed by atoms with Crippen LogP contribution in [-0.2, 0) is 0 Å². The zero-order chi connectivity index (χ0) is 12.3. The number of hydrogen-bond acceptors (Lipinski definition) is 2. The number of carboxylic acid groups (broad SMARTS) is 1. The number of hydrogen-bond donors (Lipinski definition) is 1. The van der Waals surface area contributed by atoms with Crippen molar-refractivity contribution in [2.24, 2.45) is 0 Å². The Morgan fingerprint density at radius 3 is 2.50 bits per heavy atom. The van der Waals surface area contributed by atoms with Gasteiger partial charge in [0.05, 0.1) is 11.3 Å². The van der Waals surface area contributed by atoms with E-state index in [2.05, 4.69) is 18.7 Å². The predicted molar refractivity (Wildman–Crippen MR) is 66.3 cm³/mol. The highest BCUT2D eigenvalue weighted by atomic mass is 16.4. The lowest BCUT2D eigenvalue weighted by atomic mass is 10.1. The van der Waals surface area contributed by atoms with Gasteiger partial charge in [-0.25, -0.2) is 4.79 Å². The van der Waals surface area contributed by atoms with E-state index < -0.39 is 5.97 Å². The van der Waals surface area contributed by atoms with Crippen molar-refractivity contribution in [3.8, 4) is 0 Å². The zero-order valence-electron chi connectivity index (χ0n) is 10.3. The number of aryl methyl sites for hydroxylation is 1. The molecule has 0 radical (unpaired) electrons. The van der Waals surface area contributed by atoms with Crippen molar-refractivity contribution in [3.63, 3.8) is 0 Å². The quantitative estimate of drug-likeness (QED) is 0.849. The summed E-state index contributed by atoms with van der Waals surface area (Å²) in [6.45, 7) is 8.87. The maximum Gasteiger partial charge on any atom is 0.337 e. The van der Waals surface area contributed by atoms with E-state index in [0.29, 0.717) is 11.6 Å². The normalized spacial score (nSPS) is 10.6. The molecular formula is C13H19NO2. The summed E-state index contributed by atoms with van der Waals surface area (Å²) in [6, 6.07) is 5.86. The van der Waals surface area contributed by atoms with E-state index in [9.17, 15) is 9.90 Å². The molecule has 1 N–H and O–H groups in total. The third-order valence-corrected chi connectivity index (χ3v) is 2.66. The number of aromatic carboxylic acids is 1. The van der Waals surface area contributed by atoms with Crippen molar-refractivity contribution < 1.29 is 9.90 Å². The Morgan fingerprint density at radius 2 is 2.06 bits per heavy atom. The first-order valence-corrected chi connectivity index (χ1v) is 5.58. The first-order valence-electron chi connectivity index (χ1n) is 5.58. The fourth-order valence-electron chi connectivity index (χ4n) is 1.89. The van der Waals surface area contributed by atoms with Crippen LogP contribution in [0, 0.1) is 6.92 Å². The first kappa shape index (κ1) is 12.6. The average Bonchev–Trinajstić information content (AvgIpc) is 2.20. The molecule has 0 unspecified atom stereocenters. The third kappa shape index (κ3) is 2.54. The van der Waals surface area contributed by atoms with Crippen molar-refractivity contribution >= 4 is 11.7 Å². The Morgan fingerprint density at radius 1 is 1.44 bits per heavy atom. The van der Waals surface area contributed by atoms with Crippen LogP contribution in [0.4, 0.5) is 5.69 Å².